The Labute approximate surface area is 57.5 Å². The Kier molecular flexibility index (Phi) is 1.75. The first kappa shape index (κ1) is 6.16. The van der Waals surface area contributed by atoms with E-state index in [2.05, 4.69) is 5.10 Å². The van der Waals surface area contributed by atoms with Crippen molar-refractivity contribution in [2.45, 2.75) is 0 Å². The van der Waals surface area contributed by atoms with Crippen molar-refractivity contribution in [3.63, 3.8) is 0 Å². The SMILES string of the molecule is NN=c1ccccn1Cl. The maximum absolute atomic E-state index is 5.57. The number of nitrogens with two attached hydrogens (primary N) is 1. The van der Waals surface area contributed by atoms with Crippen molar-refractivity contribution in [3.05, 3.63) is 29.9 Å². The van der Waals surface area contributed by atoms with E-state index in [1.54, 1.807) is 18.3 Å². The molecule has 0 unspecified atom stereocenters. The molecule has 1 aromatic heterocycles. The first-order valence-corrected chi connectivity index (χ1v) is 2.76. The Morgan fingerprint density at radius 3 is 2.78 bits per heavy atom. The van der Waals surface area contributed by atoms with Crippen LogP contribution in [0.15, 0.2) is 29.5 Å². The van der Waals surface area contributed by atoms with Crippen LogP contribution in [0, 0.1) is 0 Å². The van der Waals surface area contributed by atoms with E-state index in [4.69, 9.17) is 17.6 Å². The Hall–Kier alpha value is -0.960. The third-order valence-corrected chi connectivity index (χ3v) is 1.21. The fraction of sp³-hybridized carbons (Fsp3) is 0. The highest BCUT2D eigenvalue weighted by Gasteiger charge is 1.81. The molecule has 0 aliphatic heterocycles. The zero-order chi connectivity index (χ0) is 6.69. The van der Waals surface area contributed by atoms with Crippen LogP contribution in [0.3, 0.4) is 0 Å². The lowest BCUT2D eigenvalue weighted by molar-refractivity contribution is 0.996. The first-order valence-electron chi connectivity index (χ1n) is 2.42. The van der Waals surface area contributed by atoms with Crippen molar-refractivity contribution in [3.8, 4) is 0 Å². The molecule has 0 saturated carbocycles. The average molecular weight is 144 g/mol. The van der Waals surface area contributed by atoms with Gasteiger partial charge in [0.1, 0.15) is 0 Å². The lowest BCUT2D eigenvalue weighted by Gasteiger charge is -1.90. The Bertz CT molecular complexity index is 252. The van der Waals surface area contributed by atoms with Crippen LogP contribution in [0.1, 0.15) is 0 Å². The number of rotatable bonds is 0. The highest BCUT2D eigenvalue weighted by atomic mass is 35.5. The number of hydrogen-bond acceptors (Lipinski definition) is 2. The second kappa shape index (κ2) is 2.55. The fourth-order valence-corrected chi connectivity index (χ4v) is 0.678. The van der Waals surface area contributed by atoms with E-state index in [-0.39, 0.29) is 0 Å². The molecular formula is C5H6ClN3. The van der Waals surface area contributed by atoms with Crippen molar-refractivity contribution < 1.29 is 0 Å². The molecule has 0 fully saturated rings. The molecule has 9 heavy (non-hydrogen) atoms. The van der Waals surface area contributed by atoms with Gasteiger partial charge in [0.05, 0.1) is 0 Å². The van der Waals surface area contributed by atoms with E-state index in [9.17, 15) is 0 Å². The van der Waals surface area contributed by atoms with Crippen molar-refractivity contribution in [2.75, 3.05) is 0 Å². The zero-order valence-corrected chi connectivity index (χ0v) is 5.42. The minimum Gasteiger partial charge on any atom is -0.321 e. The summed E-state index contributed by atoms with van der Waals surface area (Å²) in [6.07, 6.45) is 1.66. The first-order chi connectivity index (χ1) is 4.34. The van der Waals surface area contributed by atoms with Gasteiger partial charge in [-0.1, -0.05) is 6.07 Å². The molecule has 4 heteroatoms. The second-order valence-corrected chi connectivity index (χ2v) is 1.86. The van der Waals surface area contributed by atoms with Gasteiger partial charge in [0.25, 0.3) is 0 Å². The third kappa shape index (κ3) is 1.23. The largest absolute Gasteiger partial charge is 0.321 e. The van der Waals surface area contributed by atoms with Crippen molar-refractivity contribution in [1.29, 1.82) is 0 Å². The van der Waals surface area contributed by atoms with Gasteiger partial charge in [-0.3, -0.25) is 0 Å². The molecule has 0 atom stereocenters. The quantitative estimate of drug-likeness (QED) is 0.411. The molecule has 1 heterocycles. The van der Waals surface area contributed by atoms with Gasteiger partial charge in [0.2, 0.25) is 0 Å². The van der Waals surface area contributed by atoms with Gasteiger partial charge in [-0.2, -0.15) is 5.10 Å². The van der Waals surface area contributed by atoms with E-state index in [0.29, 0.717) is 5.49 Å². The highest BCUT2D eigenvalue weighted by molar-refractivity contribution is 6.15. The molecule has 0 spiro atoms. The van der Waals surface area contributed by atoms with Gasteiger partial charge in [-0.15, -0.1) is 0 Å². The molecular weight excluding hydrogens is 138 g/mol. The number of pyridine rings is 1. The summed E-state index contributed by atoms with van der Waals surface area (Å²) in [6.45, 7) is 0. The molecule has 1 aromatic rings. The minimum absolute atomic E-state index is 0.541. The van der Waals surface area contributed by atoms with E-state index >= 15 is 0 Å². The van der Waals surface area contributed by atoms with Crippen LogP contribution in [0.25, 0.3) is 0 Å². The molecule has 0 aliphatic carbocycles. The van der Waals surface area contributed by atoms with Crippen LogP contribution in [0.5, 0.6) is 0 Å². The van der Waals surface area contributed by atoms with Gasteiger partial charge in [0, 0.05) is 18.0 Å². The molecule has 3 nitrogen and oxygen atoms in total. The number of aromatic nitrogens is 1. The number of nitrogens with zero attached hydrogens (tertiary/aromatic N) is 2. The van der Waals surface area contributed by atoms with E-state index in [1.165, 1.54) is 4.09 Å². The van der Waals surface area contributed by atoms with Crippen LogP contribution >= 0.6 is 11.8 Å². The standard InChI is InChI=1S/C5H6ClN3/c6-9-4-2-1-3-5(9)8-7/h1-4H,7H2. The van der Waals surface area contributed by atoms with Gasteiger partial charge >= 0.3 is 0 Å². The summed E-state index contributed by atoms with van der Waals surface area (Å²) in [5.41, 5.74) is 0.541. The van der Waals surface area contributed by atoms with Crippen molar-refractivity contribution in [1.82, 2.24) is 4.09 Å². The maximum atomic E-state index is 5.57. The van der Waals surface area contributed by atoms with Gasteiger partial charge < -0.3 is 5.84 Å². The molecule has 0 amide bonds. The Morgan fingerprint density at radius 1 is 1.56 bits per heavy atom. The minimum atomic E-state index is 0.541. The van der Waals surface area contributed by atoms with Crippen molar-refractivity contribution >= 4 is 11.8 Å². The van der Waals surface area contributed by atoms with Gasteiger partial charge in [-0.25, -0.2) is 4.09 Å². The lowest BCUT2D eigenvalue weighted by Crippen LogP contribution is -2.14. The molecule has 2 N–H and O–H groups in total. The second-order valence-electron chi connectivity index (χ2n) is 1.50. The molecule has 48 valence electrons. The monoisotopic (exact) mass is 143 g/mol. The molecule has 1 rings (SSSR count). The average Bonchev–Trinajstić information content (AvgIpc) is 1.89. The predicted molar refractivity (Wildman–Crippen MR) is 35.4 cm³/mol. The summed E-state index contributed by atoms with van der Waals surface area (Å²) < 4.78 is 1.32. The van der Waals surface area contributed by atoms with Crippen LogP contribution in [-0.2, 0) is 0 Å². The third-order valence-electron chi connectivity index (χ3n) is 0.924. The fourth-order valence-electron chi connectivity index (χ4n) is 0.513. The molecule has 0 radical (unpaired) electrons. The number of hydrogen-bond donors (Lipinski definition) is 1. The Balaban J connectivity index is 3.33. The summed E-state index contributed by atoms with van der Waals surface area (Å²) in [7, 11) is 0. The predicted octanol–water partition coefficient (Wildman–Crippen LogP) is 0.264. The smallest absolute Gasteiger partial charge is 0.166 e. The van der Waals surface area contributed by atoms with E-state index in [0.717, 1.165) is 0 Å². The van der Waals surface area contributed by atoms with Crippen LogP contribution in [0.2, 0.25) is 0 Å². The topological polar surface area (TPSA) is 43.3 Å². The molecule has 0 aliphatic rings. The van der Waals surface area contributed by atoms with E-state index in [1.807, 2.05) is 6.07 Å². The summed E-state index contributed by atoms with van der Waals surface area (Å²) in [5.74, 6) is 4.97. The van der Waals surface area contributed by atoms with Gasteiger partial charge in [0.15, 0.2) is 5.49 Å². The lowest BCUT2D eigenvalue weighted by atomic mass is 10.5. The molecule has 0 bridgehead atoms. The normalized spacial score (nSPS) is 11.9. The van der Waals surface area contributed by atoms with Crippen LogP contribution in [-0.4, -0.2) is 4.09 Å². The summed E-state index contributed by atoms with van der Waals surface area (Å²) in [5, 5.41) is 3.40. The van der Waals surface area contributed by atoms with Crippen LogP contribution < -0.4 is 11.3 Å². The summed E-state index contributed by atoms with van der Waals surface area (Å²) in [4.78, 5) is 0. The van der Waals surface area contributed by atoms with Crippen LogP contribution in [0.4, 0.5) is 0 Å². The highest BCUT2D eigenvalue weighted by Crippen LogP contribution is 1.81. The van der Waals surface area contributed by atoms with Gasteiger partial charge in [-0.05, 0) is 12.1 Å². The zero-order valence-electron chi connectivity index (χ0n) is 4.66. The van der Waals surface area contributed by atoms with Crippen molar-refractivity contribution in [2.24, 2.45) is 10.9 Å². The summed E-state index contributed by atoms with van der Waals surface area (Å²) >= 11 is 5.57. The van der Waals surface area contributed by atoms with E-state index < -0.39 is 0 Å². The maximum Gasteiger partial charge on any atom is 0.166 e. The Morgan fingerprint density at radius 2 is 2.33 bits per heavy atom. The molecule has 0 aromatic carbocycles. The number of halogens is 1. The molecule has 0 saturated heterocycles. The summed E-state index contributed by atoms with van der Waals surface area (Å²) in [6, 6.07) is 5.32.